The molecule has 1 aromatic rings. The van der Waals surface area contributed by atoms with Gasteiger partial charge in [0.05, 0.1) is 0 Å². The van der Waals surface area contributed by atoms with Gasteiger partial charge in [0.2, 0.25) is 0 Å². The molecule has 0 saturated heterocycles. The Morgan fingerprint density at radius 2 is 1.88 bits per heavy atom. The van der Waals surface area contributed by atoms with E-state index in [4.69, 9.17) is 4.74 Å². The number of benzene rings is 1. The molecule has 1 aliphatic rings. The van der Waals surface area contributed by atoms with Crippen LogP contribution in [0.15, 0.2) is 18.2 Å². The van der Waals surface area contributed by atoms with E-state index in [2.05, 4.69) is 52.8 Å². The van der Waals surface area contributed by atoms with E-state index in [9.17, 15) is 0 Å². The summed E-state index contributed by atoms with van der Waals surface area (Å²) in [5.74, 6) is 1.15. The van der Waals surface area contributed by atoms with Crippen molar-refractivity contribution in [3.63, 3.8) is 0 Å². The van der Waals surface area contributed by atoms with E-state index in [1.54, 1.807) is 0 Å². The smallest absolute Gasteiger partial charge is 0.130 e. The van der Waals surface area contributed by atoms with Crippen LogP contribution in [0.5, 0.6) is 5.75 Å². The van der Waals surface area contributed by atoms with Crippen molar-refractivity contribution in [3.8, 4) is 5.75 Å². The summed E-state index contributed by atoms with van der Waals surface area (Å²) in [6, 6.07) is 6.57. The van der Waals surface area contributed by atoms with Crippen molar-refractivity contribution in [2.75, 3.05) is 0 Å². The molecule has 1 aliphatic heterocycles. The molecule has 1 nitrogen and oxygen atoms in total. The van der Waals surface area contributed by atoms with Gasteiger partial charge in [0, 0.05) is 11.7 Å². The number of fused-ring (bicyclic) bond motifs is 1. The summed E-state index contributed by atoms with van der Waals surface area (Å²) in [6.45, 7) is 11.2. The Hall–Kier alpha value is -0.260. The summed E-state index contributed by atoms with van der Waals surface area (Å²) in [4.78, 5) is 0. The highest BCUT2D eigenvalue weighted by molar-refractivity contribution is 7.49. The predicted octanol–water partition coefficient (Wildman–Crippen LogP) is 3.92. The molecule has 1 aromatic carbocycles. The standard InChI is InChI=1S/C14H21OP.ClH/c1-13(2,3)16-11-8-6-7-10-9-14(4,5)15-12(10)11;/h6-8,16H,9H2,1-5H3;1H. The third kappa shape index (κ3) is 3.60. The molecule has 0 saturated carbocycles. The summed E-state index contributed by atoms with van der Waals surface area (Å²) < 4.78 is 6.08. The summed E-state index contributed by atoms with van der Waals surface area (Å²) in [6.07, 6.45) is 1.03. The summed E-state index contributed by atoms with van der Waals surface area (Å²) in [5, 5.41) is 1.72. The number of hydrogen-bond acceptors (Lipinski definition) is 1. The Kier molecular flexibility index (Phi) is 4.16. The van der Waals surface area contributed by atoms with Gasteiger partial charge in [-0.25, -0.2) is 0 Å². The minimum absolute atomic E-state index is 0. The van der Waals surface area contributed by atoms with Crippen molar-refractivity contribution >= 4 is 26.3 Å². The Labute approximate surface area is 113 Å². The number of rotatable bonds is 1. The average Bonchev–Trinajstić information content (AvgIpc) is 2.37. The summed E-state index contributed by atoms with van der Waals surface area (Å²) in [7, 11) is 0.807. The lowest BCUT2D eigenvalue weighted by Crippen LogP contribution is -2.25. The van der Waals surface area contributed by atoms with E-state index < -0.39 is 0 Å². The van der Waals surface area contributed by atoms with Crippen molar-refractivity contribution in [3.05, 3.63) is 23.8 Å². The van der Waals surface area contributed by atoms with E-state index >= 15 is 0 Å². The molecule has 0 aromatic heterocycles. The monoisotopic (exact) mass is 272 g/mol. The van der Waals surface area contributed by atoms with Crippen LogP contribution in [0, 0.1) is 0 Å². The molecule has 0 radical (unpaired) electrons. The molecule has 1 unspecified atom stereocenters. The second-order valence-corrected chi connectivity index (χ2v) is 8.50. The van der Waals surface area contributed by atoms with E-state index in [0.717, 1.165) is 20.8 Å². The van der Waals surface area contributed by atoms with Crippen molar-refractivity contribution in [2.45, 2.75) is 51.8 Å². The highest BCUT2D eigenvalue weighted by Gasteiger charge is 2.32. The minimum Gasteiger partial charge on any atom is -0.487 e. The van der Waals surface area contributed by atoms with Crippen LogP contribution in [0.4, 0.5) is 0 Å². The van der Waals surface area contributed by atoms with Crippen molar-refractivity contribution < 1.29 is 4.74 Å². The zero-order chi connectivity index (χ0) is 12.0. The van der Waals surface area contributed by atoms with Gasteiger partial charge in [-0.2, -0.15) is 0 Å². The first-order chi connectivity index (χ1) is 7.27. The Morgan fingerprint density at radius 1 is 1.24 bits per heavy atom. The van der Waals surface area contributed by atoms with Crippen molar-refractivity contribution in [1.29, 1.82) is 0 Å². The van der Waals surface area contributed by atoms with Crippen LogP contribution < -0.4 is 10.0 Å². The molecule has 0 fully saturated rings. The zero-order valence-electron chi connectivity index (χ0n) is 11.3. The lowest BCUT2D eigenvalue weighted by Gasteiger charge is -2.22. The normalized spacial score (nSPS) is 17.7. The molecular weight excluding hydrogens is 251 g/mol. The fraction of sp³-hybridized carbons (Fsp3) is 0.571. The fourth-order valence-corrected chi connectivity index (χ4v) is 3.43. The second-order valence-electron chi connectivity index (χ2n) is 6.21. The van der Waals surface area contributed by atoms with E-state index in [0.29, 0.717) is 5.16 Å². The van der Waals surface area contributed by atoms with Crippen LogP contribution in [-0.4, -0.2) is 10.8 Å². The lowest BCUT2D eigenvalue weighted by molar-refractivity contribution is 0.140. The van der Waals surface area contributed by atoms with Gasteiger partial charge in [0.1, 0.15) is 11.4 Å². The third-order valence-corrected chi connectivity index (χ3v) is 4.01. The van der Waals surface area contributed by atoms with E-state index in [-0.39, 0.29) is 18.0 Å². The highest BCUT2D eigenvalue weighted by Crippen LogP contribution is 2.39. The van der Waals surface area contributed by atoms with Gasteiger partial charge in [0.25, 0.3) is 0 Å². The maximum atomic E-state index is 6.08. The number of halogens is 1. The van der Waals surface area contributed by atoms with Crippen LogP contribution >= 0.6 is 21.0 Å². The Bertz CT molecular complexity index is 407. The van der Waals surface area contributed by atoms with Gasteiger partial charge >= 0.3 is 0 Å². The van der Waals surface area contributed by atoms with Crippen molar-refractivity contribution in [2.24, 2.45) is 0 Å². The van der Waals surface area contributed by atoms with E-state index in [1.807, 2.05) is 0 Å². The van der Waals surface area contributed by atoms with E-state index in [1.165, 1.54) is 10.9 Å². The maximum absolute atomic E-state index is 6.08. The SMILES string of the molecule is CC1(C)Cc2cccc(PC(C)(C)C)c2O1.Cl. The summed E-state index contributed by atoms with van der Waals surface area (Å²) in [5.41, 5.74) is 1.35. The first-order valence-corrected chi connectivity index (χ1v) is 6.86. The molecule has 0 amide bonds. The van der Waals surface area contributed by atoms with Crippen molar-refractivity contribution in [1.82, 2.24) is 0 Å². The minimum atomic E-state index is -0.0270. The molecule has 3 heteroatoms. The summed E-state index contributed by atoms with van der Waals surface area (Å²) >= 11 is 0. The molecule has 0 N–H and O–H groups in total. The molecule has 0 bridgehead atoms. The zero-order valence-corrected chi connectivity index (χ0v) is 13.1. The third-order valence-electron chi connectivity index (χ3n) is 2.60. The predicted molar refractivity (Wildman–Crippen MR) is 79.8 cm³/mol. The Balaban J connectivity index is 0.00000144. The first-order valence-electron chi connectivity index (χ1n) is 5.86. The molecule has 96 valence electrons. The molecule has 0 aliphatic carbocycles. The number of para-hydroxylation sites is 1. The van der Waals surface area contributed by atoms with Crippen LogP contribution in [0.3, 0.4) is 0 Å². The topological polar surface area (TPSA) is 9.23 Å². The van der Waals surface area contributed by atoms with Gasteiger partial charge in [0.15, 0.2) is 0 Å². The average molecular weight is 273 g/mol. The molecule has 1 atom stereocenters. The second kappa shape index (κ2) is 4.78. The van der Waals surface area contributed by atoms with Gasteiger partial charge in [-0.05, 0) is 24.6 Å². The maximum Gasteiger partial charge on any atom is 0.130 e. The lowest BCUT2D eigenvalue weighted by atomic mass is 10.0. The van der Waals surface area contributed by atoms with Gasteiger partial charge < -0.3 is 4.74 Å². The number of ether oxygens (including phenoxy) is 1. The fourth-order valence-electron chi connectivity index (χ4n) is 2.12. The van der Waals surface area contributed by atoms with Crippen LogP contribution in [0.1, 0.15) is 40.2 Å². The quantitative estimate of drug-likeness (QED) is 0.704. The van der Waals surface area contributed by atoms with Crippen LogP contribution in [0.2, 0.25) is 0 Å². The van der Waals surface area contributed by atoms with Gasteiger partial charge in [-0.3, -0.25) is 0 Å². The molecule has 2 rings (SSSR count). The molecular formula is C14H22ClOP. The van der Waals surface area contributed by atoms with Crippen LogP contribution in [0.25, 0.3) is 0 Å². The Morgan fingerprint density at radius 3 is 2.47 bits per heavy atom. The van der Waals surface area contributed by atoms with Gasteiger partial charge in [-0.15, -0.1) is 12.4 Å². The van der Waals surface area contributed by atoms with Crippen LogP contribution in [-0.2, 0) is 6.42 Å². The van der Waals surface area contributed by atoms with Gasteiger partial charge in [-0.1, -0.05) is 47.6 Å². The largest absolute Gasteiger partial charge is 0.487 e. The molecule has 0 spiro atoms. The molecule has 17 heavy (non-hydrogen) atoms. The molecule has 1 heterocycles. The number of hydrogen-bond donors (Lipinski definition) is 0. The highest BCUT2D eigenvalue weighted by atomic mass is 35.5. The first kappa shape index (κ1) is 14.8.